The summed E-state index contributed by atoms with van der Waals surface area (Å²) in [5, 5.41) is 3.70. The number of nitrogens with one attached hydrogen (secondary N) is 1. The van der Waals surface area contributed by atoms with Gasteiger partial charge < -0.3 is 10.1 Å². The highest BCUT2D eigenvalue weighted by Crippen LogP contribution is 2.33. The lowest BCUT2D eigenvalue weighted by molar-refractivity contribution is 0.202. The van der Waals surface area contributed by atoms with Crippen molar-refractivity contribution in [2.45, 2.75) is 25.3 Å². The van der Waals surface area contributed by atoms with Crippen LogP contribution in [0, 0.1) is 5.92 Å². The molecule has 0 bridgehead atoms. The number of hydrogen-bond donors (Lipinski definition) is 1. The second kappa shape index (κ2) is 6.92. The maximum Gasteiger partial charge on any atom is 0.120 e. The molecule has 1 heterocycles. The van der Waals surface area contributed by atoms with Crippen molar-refractivity contribution in [3.63, 3.8) is 0 Å². The Labute approximate surface area is 129 Å². The van der Waals surface area contributed by atoms with Crippen LogP contribution in [0.5, 0.6) is 5.75 Å². The molecule has 2 fully saturated rings. The van der Waals surface area contributed by atoms with Gasteiger partial charge in [0.2, 0.25) is 0 Å². The molecule has 1 aromatic carbocycles. The van der Waals surface area contributed by atoms with Crippen LogP contribution >= 0.6 is 15.9 Å². The lowest BCUT2D eigenvalue weighted by atomic mass is 10.2. The summed E-state index contributed by atoms with van der Waals surface area (Å²) in [6.07, 6.45) is 4.08. The van der Waals surface area contributed by atoms with Crippen molar-refractivity contribution < 1.29 is 4.74 Å². The van der Waals surface area contributed by atoms with Crippen LogP contribution < -0.4 is 10.1 Å². The second-order valence-corrected chi connectivity index (χ2v) is 6.77. The fourth-order valence-electron chi connectivity index (χ4n) is 2.89. The Morgan fingerprint density at radius 3 is 3.05 bits per heavy atom. The zero-order valence-corrected chi connectivity index (χ0v) is 13.4. The van der Waals surface area contributed by atoms with Crippen LogP contribution in [-0.2, 0) is 0 Å². The van der Waals surface area contributed by atoms with E-state index in [0.29, 0.717) is 6.04 Å². The van der Waals surface area contributed by atoms with Crippen molar-refractivity contribution in [3.8, 4) is 5.75 Å². The average molecular weight is 339 g/mol. The molecule has 1 atom stereocenters. The van der Waals surface area contributed by atoms with Gasteiger partial charge in [-0.3, -0.25) is 4.90 Å². The van der Waals surface area contributed by atoms with Crippen LogP contribution in [0.15, 0.2) is 28.7 Å². The molecule has 0 amide bonds. The molecule has 1 saturated carbocycles. The van der Waals surface area contributed by atoms with E-state index in [9.17, 15) is 0 Å². The summed E-state index contributed by atoms with van der Waals surface area (Å²) in [4.78, 5) is 2.56. The van der Waals surface area contributed by atoms with E-state index in [4.69, 9.17) is 4.74 Å². The Morgan fingerprint density at radius 2 is 2.25 bits per heavy atom. The predicted octanol–water partition coefficient (Wildman–Crippen LogP) is 2.90. The largest absolute Gasteiger partial charge is 0.492 e. The fraction of sp³-hybridized carbons (Fsp3) is 0.625. The van der Waals surface area contributed by atoms with Gasteiger partial charge in [0.25, 0.3) is 0 Å². The second-order valence-electron chi connectivity index (χ2n) is 5.86. The van der Waals surface area contributed by atoms with Crippen molar-refractivity contribution in [2.24, 2.45) is 5.92 Å². The van der Waals surface area contributed by atoms with E-state index in [2.05, 4.69) is 26.1 Å². The van der Waals surface area contributed by atoms with Gasteiger partial charge in [-0.05, 0) is 56.5 Å². The van der Waals surface area contributed by atoms with Gasteiger partial charge >= 0.3 is 0 Å². The van der Waals surface area contributed by atoms with Gasteiger partial charge in [0.1, 0.15) is 12.4 Å². The van der Waals surface area contributed by atoms with E-state index < -0.39 is 0 Å². The smallest absolute Gasteiger partial charge is 0.120 e. The monoisotopic (exact) mass is 338 g/mol. The van der Waals surface area contributed by atoms with Gasteiger partial charge in [-0.15, -0.1) is 0 Å². The highest BCUT2D eigenvalue weighted by molar-refractivity contribution is 9.10. The number of benzene rings is 1. The normalized spacial score (nSPS) is 24.4. The minimum Gasteiger partial charge on any atom is -0.492 e. The molecule has 3 rings (SSSR count). The van der Waals surface area contributed by atoms with E-state index in [1.54, 1.807) is 0 Å². The third-order valence-corrected chi connectivity index (χ3v) is 4.67. The topological polar surface area (TPSA) is 24.5 Å². The predicted molar refractivity (Wildman–Crippen MR) is 85.2 cm³/mol. The van der Waals surface area contributed by atoms with Crippen molar-refractivity contribution in [3.05, 3.63) is 28.7 Å². The molecule has 2 aliphatic rings. The Morgan fingerprint density at radius 1 is 1.35 bits per heavy atom. The third kappa shape index (κ3) is 4.21. The van der Waals surface area contributed by atoms with E-state index in [1.807, 2.05) is 24.3 Å². The van der Waals surface area contributed by atoms with Crippen LogP contribution in [0.1, 0.15) is 19.3 Å². The molecule has 4 heteroatoms. The molecule has 1 aliphatic carbocycles. The molecule has 0 radical (unpaired) electrons. The summed E-state index contributed by atoms with van der Waals surface area (Å²) < 4.78 is 6.92. The molecule has 1 aliphatic heterocycles. The van der Waals surface area contributed by atoms with Crippen LogP contribution in [0.3, 0.4) is 0 Å². The molecule has 0 aromatic heterocycles. The van der Waals surface area contributed by atoms with Gasteiger partial charge in [-0.2, -0.15) is 0 Å². The Hall–Kier alpha value is -0.580. The molecular weight excluding hydrogens is 316 g/mol. The van der Waals surface area contributed by atoms with Gasteiger partial charge in [0.15, 0.2) is 0 Å². The van der Waals surface area contributed by atoms with Crippen molar-refractivity contribution >= 4 is 15.9 Å². The highest BCUT2D eigenvalue weighted by Gasteiger charge is 2.32. The quantitative estimate of drug-likeness (QED) is 0.893. The molecule has 1 unspecified atom stereocenters. The first-order chi connectivity index (χ1) is 9.81. The summed E-state index contributed by atoms with van der Waals surface area (Å²) in [5.74, 6) is 1.88. The van der Waals surface area contributed by atoms with Gasteiger partial charge in [0.05, 0.1) is 0 Å². The zero-order chi connectivity index (χ0) is 13.8. The molecular formula is C16H23BrN2O. The summed E-state index contributed by atoms with van der Waals surface area (Å²) in [6, 6.07) is 8.79. The fourth-order valence-corrected chi connectivity index (χ4v) is 3.27. The maximum absolute atomic E-state index is 5.85. The van der Waals surface area contributed by atoms with Gasteiger partial charge in [0, 0.05) is 23.6 Å². The minimum atomic E-state index is 0.711. The zero-order valence-electron chi connectivity index (χ0n) is 11.9. The van der Waals surface area contributed by atoms with E-state index in [-0.39, 0.29) is 0 Å². The number of nitrogens with zero attached hydrogens (tertiary/aromatic N) is 1. The first-order valence-corrected chi connectivity index (χ1v) is 8.45. The summed E-state index contributed by atoms with van der Waals surface area (Å²) in [5.41, 5.74) is 0. The summed E-state index contributed by atoms with van der Waals surface area (Å²) >= 11 is 3.47. The van der Waals surface area contributed by atoms with E-state index in [0.717, 1.165) is 29.3 Å². The standard InChI is InChI=1S/C16H23BrN2O/c17-14-3-1-4-15(11-14)20-10-9-19-8-2-7-18-16(12-19)13-5-6-13/h1,3-4,11,13,16,18H,2,5-10,12H2. The lowest BCUT2D eigenvalue weighted by Gasteiger charge is -2.24. The van der Waals surface area contributed by atoms with Crippen LogP contribution in [0.2, 0.25) is 0 Å². The minimum absolute atomic E-state index is 0.711. The number of ether oxygens (including phenoxy) is 1. The highest BCUT2D eigenvalue weighted by atomic mass is 79.9. The molecule has 1 saturated heterocycles. The SMILES string of the molecule is Brc1cccc(OCCN2CCCNC(C3CC3)C2)c1. The lowest BCUT2D eigenvalue weighted by Crippen LogP contribution is -2.40. The van der Waals surface area contributed by atoms with E-state index >= 15 is 0 Å². The Bertz CT molecular complexity index is 436. The number of rotatable bonds is 5. The van der Waals surface area contributed by atoms with Crippen molar-refractivity contribution in [2.75, 3.05) is 32.8 Å². The molecule has 0 spiro atoms. The Balaban J connectivity index is 1.44. The van der Waals surface area contributed by atoms with Gasteiger partial charge in [-0.1, -0.05) is 22.0 Å². The molecule has 1 aromatic rings. The summed E-state index contributed by atoms with van der Waals surface area (Å²) in [6.45, 7) is 5.35. The first kappa shape index (κ1) is 14.4. The van der Waals surface area contributed by atoms with E-state index in [1.165, 1.54) is 38.9 Å². The molecule has 20 heavy (non-hydrogen) atoms. The average Bonchev–Trinajstić information content (AvgIpc) is 3.25. The number of hydrogen-bond acceptors (Lipinski definition) is 3. The summed E-state index contributed by atoms with van der Waals surface area (Å²) in [7, 11) is 0. The van der Waals surface area contributed by atoms with Crippen molar-refractivity contribution in [1.82, 2.24) is 10.2 Å². The van der Waals surface area contributed by atoms with Crippen LogP contribution in [-0.4, -0.2) is 43.7 Å². The van der Waals surface area contributed by atoms with Crippen LogP contribution in [0.4, 0.5) is 0 Å². The molecule has 3 nitrogen and oxygen atoms in total. The maximum atomic E-state index is 5.85. The number of halogens is 1. The van der Waals surface area contributed by atoms with Crippen LogP contribution in [0.25, 0.3) is 0 Å². The molecule has 110 valence electrons. The first-order valence-electron chi connectivity index (χ1n) is 7.65. The van der Waals surface area contributed by atoms with Gasteiger partial charge in [-0.25, -0.2) is 0 Å². The Kier molecular flexibility index (Phi) is 4.97. The molecule has 1 N–H and O–H groups in total. The third-order valence-electron chi connectivity index (χ3n) is 4.18. The van der Waals surface area contributed by atoms with Crippen molar-refractivity contribution in [1.29, 1.82) is 0 Å².